The Balaban J connectivity index is 2.47. The number of halogens is 2. The Morgan fingerprint density at radius 1 is 1.35 bits per heavy atom. The minimum Gasteiger partial charge on any atom is -0.465 e. The molecule has 0 spiro atoms. The van der Waals surface area contributed by atoms with Crippen molar-refractivity contribution in [2.24, 2.45) is 0 Å². The van der Waals surface area contributed by atoms with E-state index in [-0.39, 0.29) is 6.04 Å². The summed E-state index contributed by atoms with van der Waals surface area (Å²) in [5.74, 6) is 0.480. The van der Waals surface area contributed by atoms with E-state index < -0.39 is 6.10 Å². The van der Waals surface area contributed by atoms with E-state index in [1.165, 1.54) is 6.26 Å². The molecule has 0 radical (unpaired) electrons. The van der Waals surface area contributed by atoms with Crippen molar-refractivity contribution in [3.63, 3.8) is 0 Å². The number of hydrogen-bond acceptors (Lipinski definition) is 3. The highest BCUT2D eigenvalue weighted by atomic mass is 79.9. The van der Waals surface area contributed by atoms with Crippen molar-refractivity contribution in [2.75, 3.05) is 0 Å². The van der Waals surface area contributed by atoms with Crippen LogP contribution in [0.2, 0.25) is 0 Å². The second kappa shape index (κ2) is 4.96. The van der Waals surface area contributed by atoms with Crippen LogP contribution >= 0.6 is 31.9 Å². The Bertz CT molecular complexity index is 519. The van der Waals surface area contributed by atoms with Gasteiger partial charge in [0.2, 0.25) is 0 Å². The van der Waals surface area contributed by atoms with Gasteiger partial charge in [0.05, 0.1) is 27.1 Å². The zero-order chi connectivity index (χ0) is 12.6. The monoisotopic (exact) mass is 362 g/mol. The largest absolute Gasteiger partial charge is 0.465 e. The van der Waals surface area contributed by atoms with Gasteiger partial charge >= 0.3 is 0 Å². The molecule has 4 nitrogen and oxygen atoms in total. The minimum absolute atomic E-state index is 0.166. The fourth-order valence-corrected chi connectivity index (χ4v) is 2.55. The van der Waals surface area contributed by atoms with Gasteiger partial charge in [0, 0.05) is 6.04 Å². The van der Waals surface area contributed by atoms with Gasteiger partial charge in [-0.15, -0.1) is 0 Å². The molecular formula is C11H12Br2N2O2. The van der Waals surface area contributed by atoms with Gasteiger partial charge in [0.25, 0.3) is 0 Å². The van der Waals surface area contributed by atoms with Crippen molar-refractivity contribution in [3.05, 3.63) is 38.9 Å². The average Bonchev–Trinajstić information content (AvgIpc) is 2.83. The Hall–Kier alpha value is -0.590. The van der Waals surface area contributed by atoms with Gasteiger partial charge in [-0.2, -0.15) is 5.10 Å². The molecule has 2 aromatic rings. The summed E-state index contributed by atoms with van der Waals surface area (Å²) in [6.07, 6.45) is 2.36. The summed E-state index contributed by atoms with van der Waals surface area (Å²) in [5.41, 5.74) is 0.690. The molecule has 2 heterocycles. The summed E-state index contributed by atoms with van der Waals surface area (Å²) in [4.78, 5) is 0. The summed E-state index contributed by atoms with van der Waals surface area (Å²) >= 11 is 6.74. The molecule has 1 unspecified atom stereocenters. The maximum atomic E-state index is 10.3. The van der Waals surface area contributed by atoms with Crippen molar-refractivity contribution in [1.82, 2.24) is 9.78 Å². The van der Waals surface area contributed by atoms with Gasteiger partial charge in [-0.3, -0.25) is 4.68 Å². The number of aliphatic hydroxyl groups excluding tert-OH is 1. The molecule has 0 bridgehead atoms. The molecule has 2 rings (SSSR count). The van der Waals surface area contributed by atoms with Crippen molar-refractivity contribution in [2.45, 2.75) is 26.0 Å². The number of aromatic nitrogens is 2. The van der Waals surface area contributed by atoms with E-state index in [4.69, 9.17) is 4.42 Å². The summed E-state index contributed by atoms with van der Waals surface area (Å²) in [6, 6.07) is 1.92. The fourth-order valence-electron chi connectivity index (χ4n) is 1.64. The maximum Gasteiger partial charge on any atom is 0.155 e. The highest BCUT2D eigenvalue weighted by molar-refractivity contribution is 9.10. The molecule has 92 valence electrons. The van der Waals surface area contributed by atoms with Crippen molar-refractivity contribution < 1.29 is 9.52 Å². The van der Waals surface area contributed by atoms with Gasteiger partial charge in [-0.05, 0) is 51.8 Å². The van der Waals surface area contributed by atoms with E-state index in [0.29, 0.717) is 11.5 Å². The van der Waals surface area contributed by atoms with E-state index in [0.717, 1.165) is 8.95 Å². The van der Waals surface area contributed by atoms with Crippen molar-refractivity contribution in [3.8, 4) is 0 Å². The standard InChI is InChI=1S/C11H12Br2N2O2/c1-6(2)15-9(8(13)5-14-15)10(16)11-7(12)3-4-17-11/h3-6,10,16H,1-2H3. The zero-order valence-electron chi connectivity index (χ0n) is 9.39. The zero-order valence-corrected chi connectivity index (χ0v) is 12.6. The fraction of sp³-hybridized carbons (Fsp3) is 0.364. The van der Waals surface area contributed by atoms with Gasteiger partial charge in [0.1, 0.15) is 0 Å². The first-order valence-corrected chi connectivity index (χ1v) is 6.74. The summed E-state index contributed by atoms with van der Waals surface area (Å²) in [5, 5.41) is 14.6. The van der Waals surface area contributed by atoms with Crippen LogP contribution in [0.1, 0.15) is 37.4 Å². The molecule has 6 heteroatoms. The van der Waals surface area contributed by atoms with E-state index in [9.17, 15) is 5.11 Å². The average molecular weight is 364 g/mol. The summed E-state index contributed by atoms with van der Waals surface area (Å²) in [7, 11) is 0. The van der Waals surface area contributed by atoms with Gasteiger partial charge in [-0.25, -0.2) is 0 Å². The third-order valence-electron chi connectivity index (χ3n) is 2.43. The van der Waals surface area contributed by atoms with Crippen LogP contribution in [0.5, 0.6) is 0 Å². The highest BCUT2D eigenvalue weighted by Gasteiger charge is 2.24. The highest BCUT2D eigenvalue weighted by Crippen LogP contribution is 2.34. The minimum atomic E-state index is -0.848. The molecule has 0 amide bonds. The van der Waals surface area contributed by atoms with Crippen molar-refractivity contribution >= 4 is 31.9 Å². The molecular weight excluding hydrogens is 352 g/mol. The third-order valence-corrected chi connectivity index (χ3v) is 3.69. The molecule has 0 saturated carbocycles. The second-order valence-electron chi connectivity index (χ2n) is 3.95. The Morgan fingerprint density at radius 3 is 2.59 bits per heavy atom. The SMILES string of the molecule is CC(C)n1ncc(Br)c1C(O)c1occc1Br. The Labute approximate surface area is 116 Å². The maximum absolute atomic E-state index is 10.3. The summed E-state index contributed by atoms with van der Waals surface area (Å²) < 4.78 is 8.56. The van der Waals surface area contributed by atoms with Crippen LogP contribution in [0, 0.1) is 0 Å². The first-order valence-electron chi connectivity index (χ1n) is 5.16. The quantitative estimate of drug-likeness (QED) is 0.905. The van der Waals surface area contributed by atoms with Crippen LogP contribution in [0.15, 0.2) is 31.9 Å². The van der Waals surface area contributed by atoms with Crippen LogP contribution in [0.4, 0.5) is 0 Å². The molecule has 17 heavy (non-hydrogen) atoms. The molecule has 1 N–H and O–H groups in total. The molecule has 0 aliphatic heterocycles. The molecule has 0 fully saturated rings. The number of hydrogen-bond donors (Lipinski definition) is 1. The molecule has 0 aliphatic rings. The number of nitrogens with zero attached hydrogens (tertiary/aromatic N) is 2. The van der Waals surface area contributed by atoms with Crippen molar-refractivity contribution in [1.29, 1.82) is 0 Å². The smallest absolute Gasteiger partial charge is 0.155 e. The number of furan rings is 1. The van der Waals surface area contributed by atoms with E-state index in [2.05, 4.69) is 37.0 Å². The van der Waals surface area contributed by atoms with Crippen LogP contribution < -0.4 is 0 Å². The lowest BCUT2D eigenvalue weighted by atomic mass is 10.2. The molecule has 0 aliphatic carbocycles. The predicted molar refractivity (Wildman–Crippen MR) is 70.8 cm³/mol. The van der Waals surface area contributed by atoms with Gasteiger partial charge in [-0.1, -0.05) is 0 Å². The topological polar surface area (TPSA) is 51.2 Å². The first kappa shape index (κ1) is 12.9. The Kier molecular flexibility index (Phi) is 3.75. The first-order chi connectivity index (χ1) is 8.02. The predicted octanol–water partition coefficient (Wildman–Crippen LogP) is 3.66. The lowest BCUT2D eigenvalue weighted by Gasteiger charge is -2.15. The lowest BCUT2D eigenvalue weighted by molar-refractivity contribution is 0.174. The normalized spacial score (nSPS) is 13.3. The second-order valence-corrected chi connectivity index (χ2v) is 5.66. The molecule has 0 aromatic carbocycles. The van der Waals surface area contributed by atoms with E-state index >= 15 is 0 Å². The number of aliphatic hydroxyl groups is 1. The van der Waals surface area contributed by atoms with Crippen LogP contribution in [-0.4, -0.2) is 14.9 Å². The van der Waals surface area contributed by atoms with E-state index in [1.807, 2.05) is 13.8 Å². The van der Waals surface area contributed by atoms with E-state index in [1.54, 1.807) is 16.9 Å². The lowest BCUT2D eigenvalue weighted by Crippen LogP contribution is -2.12. The van der Waals surface area contributed by atoms with Gasteiger partial charge in [0.15, 0.2) is 11.9 Å². The molecule has 0 saturated heterocycles. The number of rotatable bonds is 3. The van der Waals surface area contributed by atoms with Crippen LogP contribution in [0.3, 0.4) is 0 Å². The van der Waals surface area contributed by atoms with Crippen LogP contribution in [-0.2, 0) is 0 Å². The molecule has 2 aromatic heterocycles. The summed E-state index contributed by atoms with van der Waals surface area (Å²) in [6.45, 7) is 4.01. The van der Waals surface area contributed by atoms with Gasteiger partial charge < -0.3 is 9.52 Å². The van der Waals surface area contributed by atoms with Crippen LogP contribution in [0.25, 0.3) is 0 Å². The Morgan fingerprint density at radius 2 is 2.06 bits per heavy atom. The third kappa shape index (κ3) is 2.34. The molecule has 1 atom stereocenters.